The third-order valence-electron chi connectivity index (χ3n) is 3.46. The van der Waals surface area contributed by atoms with E-state index in [4.69, 9.17) is 4.74 Å². The largest absolute Gasteiger partial charge is 0.497 e. The van der Waals surface area contributed by atoms with Gasteiger partial charge in [-0.1, -0.05) is 18.2 Å². The van der Waals surface area contributed by atoms with Crippen LogP contribution in [-0.4, -0.2) is 22.3 Å². The van der Waals surface area contributed by atoms with Gasteiger partial charge in [0.25, 0.3) is 0 Å². The molecule has 0 aliphatic carbocycles. The van der Waals surface area contributed by atoms with Gasteiger partial charge in [0, 0.05) is 17.0 Å². The van der Waals surface area contributed by atoms with Crippen molar-refractivity contribution in [3.05, 3.63) is 53.9 Å². The Bertz CT molecular complexity index is 760. The van der Waals surface area contributed by atoms with Gasteiger partial charge in [0.2, 0.25) is 0 Å². The van der Waals surface area contributed by atoms with E-state index in [1.54, 1.807) is 7.11 Å². The molecule has 0 aliphatic rings. The number of benzene rings is 1. The Balaban J connectivity index is 2.12. The molecule has 0 aliphatic heterocycles. The van der Waals surface area contributed by atoms with E-state index in [0.717, 1.165) is 39.7 Å². The van der Waals surface area contributed by atoms with Crippen LogP contribution in [0.5, 0.6) is 5.75 Å². The van der Waals surface area contributed by atoms with Crippen molar-refractivity contribution in [3.8, 4) is 28.3 Å². The molecule has 4 heteroatoms. The predicted molar refractivity (Wildman–Crippen MR) is 83.3 cm³/mol. The zero-order valence-corrected chi connectivity index (χ0v) is 12.3. The maximum absolute atomic E-state index is 5.21. The Hall–Kier alpha value is -2.62. The Labute approximate surface area is 123 Å². The monoisotopic (exact) mass is 279 g/mol. The van der Waals surface area contributed by atoms with E-state index in [-0.39, 0.29) is 0 Å². The summed E-state index contributed by atoms with van der Waals surface area (Å²) in [5.41, 5.74) is 5.94. The van der Waals surface area contributed by atoms with Crippen LogP contribution < -0.4 is 4.74 Å². The summed E-state index contributed by atoms with van der Waals surface area (Å²) in [6.45, 7) is 4.00. The van der Waals surface area contributed by atoms with Crippen LogP contribution in [0.3, 0.4) is 0 Å². The molecule has 0 saturated carbocycles. The summed E-state index contributed by atoms with van der Waals surface area (Å²) in [5.74, 6) is 0.843. The molecule has 1 aromatic carbocycles. The summed E-state index contributed by atoms with van der Waals surface area (Å²) in [4.78, 5) is 4.57. The quantitative estimate of drug-likeness (QED) is 0.794. The zero-order chi connectivity index (χ0) is 14.8. The van der Waals surface area contributed by atoms with Crippen LogP contribution in [-0.2, 0) is 0 Å². The lowest BCUT2D eigenvalue weighted by Gasteiger charge is -2.06. The zero-order valence-electron chi connectivity index (χ0n) is 12.3. The number of methoxy groups -OCH3 is 1. The maximum Gasteiger partial charge on any atom is 0.119 e. The van der Waals surface area contributed by atoms with E-state index in [1.165, 1.54) is 0 Å². The molecule has 2 aromatic heterocycles. The fraction of sp³-hybridized carbons (Fsp3) is 0.176. The Morgan fingerprint density at radius 1 is 1.00 bits per heavy atom. The van der Waals surface area contributed by atoms with Crippen LogP contribution in [0.15, 0.2) is 42.5 Å². The molecule has 4 nitrogen and oxygen atoms in total. The second-order valence-corrected chi connectivity index (χ2v) is 4.96. The molecule has 0 unspecified atom stereocenters. The van der Waals surface area contributed by atoms with Crippen molar-refractivity contribution in [2.45, 2.75) is 13.8 Å². The van der Waals surface area contributed by atoms with E-state index >= 15 is 0 Å². The molecular formula is C17H17N3O. The molecule has 0 fully saturated rings. The van der Waals surface area contributed by atoms with Crippen molar-refractivity contribution in [3.63, 3.8) is 0 Å². The predicted octanol–water partition coefficient (Wildman–Crippen LogP) is 3.76. The lowest BCUT2D eigenvalue weighted by Crippen LogP contribution is -1.89. The summed E-state index contributed by atoms with van der Waals surface area (Å²) in [6, 6.07) is 13.9. The van der Waals surface area contributed by atoms with Crippen LogP contribution in [0.1, 0.15) is 11.4 Å². The first-order valence-corrected chi connectivity index (χ1v) is 6.82. The SMILES string of the molecule is COc1ccc(-c2c(-c3cccc(C)n3)n[nH]c2C)cc1. The molecule has 2 heterocycles. The molecule has 0 radical (unpaired) electrons. The number of ether oxygens (including phenoxy) is 1. The number of aryl methyl sites for hydroxylation is 2. The molecule has 3 rings (SSSR count). The van der Waals surface area contributed by atoms with Crippen molar-refractivity contribution < 1.29 is 4.74 Å². The Morgan fingerprint density at radius 2 is 1.76 bits per heavy atom. The van der Waals surface area contributed by atoms with Crippen LogP contribution >= 0.6 is 0 Å². The van der Waals surface area contributed by atoms with Gasteiger partial charge in [-0.25, -0.2) is 0 Å². The average Bonchev–Trinajstić information content (AvgIpc) is 2.89. The highest BCUT2D eigenvalue weighted by molar-refractivity contribution is 5.81. The normalized spacial score (nSPS) is 10.6. The van der Waals surface area contributed by atoms with E-state index in [9.17, 15) is 0 Å². The first-order valence-electron chi connectivity index (χ1n) is 6.82. The third kappa shape index (κ3) is 2.52. The molecule has 1 N–H and O–H groups in total. The molecular weight excluding hydrogens is 262 g/mol. The Kier molecular flexibility index (Phi) is 3.44. The smallest absolute Gasteiger partial charge is 0.119 e. The van der Waals surface area contributed by atoms with Gasteiger partial charge in [0.15, 0.2) is 0 Å². The lowest BCUT2D eigenvalue weighted by molar-refractivity contribution is 0.415. The highest BCUT2D eigenvalue weighted by atomic mass is 16.5. The van der Waals surface area contributed by atoms with Crippen LogP contribution in [0.25, 0.3) is 22.5 Å². The van der Waals surface area contributed by atoms with Gasteiger partial charge in [0.05, 0.1) is 12.8 Å². The van der Waals surface area contributed by atoms with E-state index in [2.05, 4.69) is 15.2 Å². The maximum atomic E-state index is 5.21. The minimum atomic E-state index is 0.843. The highest BCUT2D eigenvalue weighted by Gasteiger charge is 2.15. The molecule has 0 bridgehead atoms. The number of nitrogens with zero attached hydrogens (tertiary/aromatic N) is 2. The van der Waals surface area contributed by atoms with Crippen molar-refractivity contribution in [2.24, 2.45) is 0 Å². The number of aromatic amines is 1. The minimum absolute atomic E-state index is 0.843. The van der Waals surface area contributed by atoms with Crippen molar-refractivity contribution in [1.82, 2.24) is 15.2 Å². The van der Waals surface area contributed by atoms with Crippen molar-refractivity contribution in [2.75, 3.05) is 7.11 Å². The molecule has 21 heavy (non-hydrogen) atoms. The van der Waals surface area contributed by atoms with Gasteiger partial charge in [-0.3, -0.25) is 10.1 Å². The number of nitrogens with one attached hydrogen (secondary N) is 1. The van der Waals surface area contributed by atoms with Crippen LogP contribution in [0, 0.1) is 13.8 Å². The summed E-state index contributed by atoms with van der Waals surface area (Å²) >= 11 is 0. The first kappa shape index (κ1) is 13.4. The number of aromatic nitrogens is 3. The summed E-state index contributed by atoms with van der Waals surface area (Å²) in [6.07, 6.45) is 0. The van der Waals surface area contributed by atoms with Gasteiger partial charge in [-0.15, -0.1) is 0 Å². The van der Waals surface area contributed by atoms with Gasteiger partial charge >= 0.3 is 0 Å². The molecule has 0 atom stereocenters. The minimum Gasteiger partial charge on any atom is -0.497 e. The van der Waals surface area contributed by atoms with Gasteiger partial charge in [-0.2, -0.15) is 5.10 Å². The molecule has 0 amide bonds. The van der Waals surface area contributed by atoms with Gasteiger partial charge in [-0.05, 0) is 43.7 Å². The summed E-state index contributed by atoms with van der Waals surface area (Å²) in [7, 11) is 1.67. The van der Waals surface area contributed by atoms with Crippen molar-refractivity contribution in [1.29, 1.82) is 0 Å². The molecule has 3 aromatic rings. The number of H-pyrrole nitrogens is 1. The summed E-state index contributed by atoms with van der Waals surface area (Å²) < 4.78 is 5.21. The summed E-state index contributed by atoms with van der Waals surface area (Å²) in [5, 5.41) is 7.49. The molecule has 106 valence electrons. The van der Waals surface area contributed by atoms with Gasteiger partial charge < -0.3 is 4.74 Å². The van der Waals surface area contributed by atoms with Gasteiger partial charge in [0.1, 0.15) is 11.4 Å². The number of pyridine rings is 1. The number of hydrogen-bond acceptors (Lipinski definition) is 3. The van der Waals surface area contributed by atoms with E-state index < -0.39 is 0 Å². The molecule has 0 spiro atoms. The standard InChI is InChI=1S/C17H17N3O/c1-11-5-4-6-15(18-11)17-16(12(2)19-20-17)13-7-9-14(21-3)10-8-13/h4-10H,1-3H3,(H,19,20). The average molecular weight is 279 g/mol. The highest BCUT2D eigenvalue weighted by Crippen LogP contribution is 2.32. The third-order valence-corrected chi connectivity index (χ3v) is 3.46. The number of hydrogen-bond donors (Lipinski definition) is 1. The topological polar surface area (TPSA) is 50.8 Å². The van der Waals surface area contributed by atoms with Crippen LogP contribution in [0.4, 0.5) is 0 Å². The first-order chi connectivity index (χ1) is 10.2. The van der Waals surface area contributed by atoms with E-state index in [1.807, 2.05) is 56.3 Å². The lowest BCUT2D eigenvalue weighted by atomic mass is 10.0. The second kappa shape index (κ2) is 5.40. The second-order valence-electron chi connectivity index (χ2n) is 4.96. The fourth-order valence-electron chi connectivity index (χ4n) is 2.40. The number of rotatable bonds is 3. The van der Waals surface area contributed by atoms with Crippen LogP contribution in [0.2, 0.25) is 0 Å². The van der Waals surface area contributed by atoms with Crippen molar-refractivity contribution >= 4 is 0 Å². The fourth-order valence-corrected chi connectivity index (χ4v) is 2.40. The Morgan fingerprint density at radius 3 is 2.43 bits per heavy atom. The molecule has 0 saturated heterocycles. The van der Waals surface area contributed by atoms with E-state index in [0.29, 0.717) is 0 Å².